The molecule has 2 aliphatic heterocycles. The van der Waals surface area contributed by atoms with E-state index in [4.69, 9.17) is 0 Å². The summed E-state index contributed by atoms with van der Waals surface area (Å²) in [5.74, 6) is 0.652. The maximum absolute atomic E-state index is 13.9. The van der Waals surface area contributed by atoms with Crippen molar-refractivity contribution in [2.45, 2.75) is 63.7 Å². The summed E-state index contributed by atoms with van der Waals surface area (Å²) in [6.45, 7) is 6.44. The van der Waals surface area contributed by atoms with Crippen molar-refractivity contribution in [2.75, 3.05) is 24.4 Å². The number of benzene rings is 1. The van der Waals surface area contributed by atoms with E-state index in [1.54, 1.807) is 18.2 Å². The highest BCUT2D eigenvalue weighted by atomic mass is 32.2. The number of nitrogens with zero attached hydrogens (tertiary/aromatic N) is 5. The number of halogens is 1. The predicted octanol–water partition coefficient (Wildman–Crippen LogP) is 4.56. The quantitative estimate of drug-likeness (QED) is 0.650. The van der Waals surface area contributed by atoms with E-state index in [0.717, 1.165) is 50.6 Å². The van der Waals surface area contributed by atoms with Gasteiger partial charge in [0, 0.05) is 50.6 Å². The maximum atomic E-state index is 13.9. The number of piperidine rings is 1. The fraction of sp³-hybridized carbons (Fsp3) is 0.609. The molecule has 1 spiro atoms. The summed E-state index contributed by atoms with van der Waals surface area (Å²) < 4.78 is 20.8. The SMILES string of the molecule is C[C@H]1C[C@]2(CCN1Cc1ccnn1CC1CCC1)CN(C)SN2c1cccc(F)c1. The van der Waals surface area contributed by atoms with Crippen molar-refractivity contribution >= 4 is 17.8 Å². The van der Waals surface area contributed by atoms with E-state index in [9.17, 15) is 4.39 Å². The van der Waals surface area contributed by atoms with Crippen molar-refractivity contribution in [3.05, 3.63) is 48.0 Å². The van der Waals surface area contributed by atoms with Crippen LogP contribution in [0.1, 0.15) is 44.7 Å². The van der Waals surface area contributed by atoms with Crippen LogP contribution >= 0.6 is 12.1 Å². The van der Waals surface area contributed by atoms with E-state index in [2.05, 4.69) is 43.3 Å². The summed E-state index contributed by atoms with van der Waals surface area (Å²) in [5.41, 5.74) is 2.36. The first-order valence-corrected chi connectivity index (χ1v) is 12.0. The molecule has 1 aromatic heterocycles. The fourth-order valence-electron chi connectivity index (χ4n) is 5.36. The normalized spacial score (nSPS) is 28.4. The van der Waals surface area contributed by atoms with Crippen LogP contribution in [0.4, 0.5) is 10.1 Å². The zero-order chi connectivity index (χ0) is 20.7. The molecule has 3 aliphatic rings. The van der Waals surface area contributed by atoms with Crippen LogP contribution in [-0.4, -0.2) is 50.7 Å². The van der Waals surface area contributed by atoms with Gasteiger partial charge in [-0.15, -0.1) is 0 Å². The smallest absolute Gasteiger partial charge is 0.125 e. The molecule has 5 nitrogen and oxygen atoms in total. The summed E-state index contributed by atoms with van der Waals surface area (Å²) in [6, 6.07) is 9.71. The second kappa shape index (κ2) is 8.17. The number of aromatic nitrogens is 2. The van der Waals surface area contributed by atoms with Gasteiger partial charge in [-0.25, -0.2) is 8.70 Å². The average molecular weight is 430 g/mol. The Morgan fingerprint density at radius 1 is 1.27 bits per heavy atom. The summed E-state index contributed by atoms with van der Waals surface area (Å²) in [4.78, 5) is 2.60. The van der Waals surface area contributed by atoms with Gasteiger partial charge in [-0.1, -0.05) is 12.5 Å². The van der Waals surface area contributed by atoms with Gasteiger partial charge in [0.2, 0.25) is 0 Å². The molecule has 162 valence electrons. The summed E-state index contributed by atoms with van der Waals surface area (Å²) in [5, 5.41) is 4.61. The molecular formula is C23H32FN5S. The highest BCUT2D eigenvalue weighted by Gasteiger charge is 2.49. The van der Waals surface area contributed by atoms with Crippen LogP contribution in [-0.2, 0) is 13.1 Å². The molecule has 7 heteroatoms. The molecule has 2 atom stereocenters. The van der Waals surface area contributed by atoms with Crippen molar-refractivity contribution in [1.29, 1.82) is 0 Å². The highest BCUT2D eigenvalue weighted by Crippen LogP contribution is 2.46. The summed E-state index contributed by atoms with van der Waals surface area (Å²) >= 11 is 1.73. The molecule has 5 rings (SSSR count). The van der Waals surface area contributed by atoms with E-state index in [1.165, 1.54) is 31.0 Å². The van der Waals surface area contributed by atoms with Crippen LogP contribution in [0.25, 0.3) is 0 Å². The van der Waals surface area contributed by atoms with Crippen LogP contribution in [0.3, 0.4) is 0 Å². The van der Waals surface area contributed by atoms with Gasteiger partial charge in [0.1, 0.15) is 5.82 Å². The van der Waals surface area contributed by atoms with Gasteiger partial charge < -0.3 is 0 Å². The molecule has 0 bridgehead atoms. The average Bonchev–Trinajstić information content (AvgIpc) is 3.24. The first kappa shape index (κ1) is 20.3. The molecule has 2 aromatic rings. The van der Waals surface area contributed by atoms with Gasteiger partial charge in [0.25, 0.3) is 0 Å². The van der Waals surface area contributed by atoms with Crippen LogP contribution in [0.5, 0.6) is 0 Å². The molecule has 1 aliphatic carbocycles. The number of likely N-dealkylation sites (N-methyl/N-ethyl adjacent to an activating group) is 1. The minimum atomic E-state index is -0.164. The number of hydrogen-bond acceptors (Lipinski definition) is 5. The van der Waals surface area contributed by atoms with Crippen LogP contribution in [0.2, 0.25) is 0 Å². The largest absolute Gasteiger partial charge is 0.296 e. The van der Waals surface area contributed by atoms with Gasteiger partial charge >= 0.3 is 0 Å². The monoisotopic (exact) mass is 429 g/mol. The lowest BCUT2D eigenvalue weighted by molar-refractivity contribution is 0.0969. The standard InChI is InChI=1S/C23H32FN5S/c1-18-14-23(17-26(2)30-29(23)21-8-4-7-20(24)13-21)10-12-27(18)16-22-9-11-25-28(22)15-19-5-3-6-19/h4,7-9,11,13,18-19H,3,5-6,10,12,14-17H2,1-2H3/t18-,23+/m0/s1. The lowest BCUT2D eigenvalue weighted by Gasteiger charge is -2.47. The third-order valence-corrected chi connectivity index (χ3v) is 8.37. The van der Waals surface area contributed by atoms with Crippen LogP contribution < -0.4 is 4.31 Å². The number of likely N-dealkylation sites (tertiary alicyclic amines) is 1. The maximum Gasteiger partial charge on any atom is 0.125 e. The van der Waals surface area contributed by atoms with Gasteiger partial charge in [-0.05, 0) is 69.8 Å². The molecule has 0 amide bonds. The fourth-order valence-corrected chi connectivity index (χ4v) is 6.54. The van der Waals surface area contributed by atoms with Crippen molar-refractivity contribution in [2.24, 2.45) is 5.92 Å². The predicted molar refractivity (Wildman–Crippen MR) is 121 cm³/mol. The molecule has 1 saturated carbocycles. The number of rotatable bonds is 5. The van der Waals surface area contributed by atoms with Crippen LogP contribution in [0.15, 0.2) is 36.5 Å². The van der Waals surface area contributed by atoms with E-state index in [-0.39, 0.29) is 11.4 Å². The third kappa shape index (κ3) is 3.87. The van der Waals surface area contributed by atoms with Crippen molar-refractivity contribution in [3.63, 3.8) is 0 Å². The second-order valence-corrected chi connectivity index (χ2v) is 10.6. The first-order chi connectivity index (χ1) is 14.5. The Bertz CT molecular complexity index is 884. The van der Waals surface area contributed by atoms with Gasteiger partial charge in [0.05, 0.1) is 16.9 Å². The van der Waals surface area contributed by atoms with Crippen LogP contribution in [0, 0.1) is 11.7 Å². The minimum absolute atomic E-state index is 0.0509. The second-order valence-electron chi connectivity index (χ2n) is 9.44. The Hall–Kier alpha value is -1.57. The molecular weight excluding hydrogens is 397 g/mol. The lowest BCUT2D eigenvalue weighted by atomic mass is 9.82. The van der Waals surface area contributed by atoms with Crippen molar-refractivity contribution < 1.29 is 4.39 Å². The van der Waals surface area contributed by atoms with Crippen molar-refractivity contribution in [1.82, 2.24) is 19.0 Å². The van der Waals surface area contributed by atoms with Gasteiger partial charge in [0.15, 0.2) is 0 Å². The molecule has 3 fully saturated rings. The highest BCUT2D eigenvalue weighted by molar-refractivity contribution is 7.98. The first-order valence-electron chi connectivity index (χ1n) is 11.2. The number of anilines is 1. The van der Waals surface area contributed by atoms with Crippen molar-refractivity contribution in [3.8, 4) is 0 Å². The van der Waals surface area contributed by atoms with Gasteiger partial charge in [-0.3, -0.25) is 13.9 Å². The summed E-state index contributed by atoms with van der Waals surface area (Å²) in [7, 11) is 2.14. The summed E-state index contributed by atoms with van der Waals surface area (Å²) in [6.07, 6.45) is 8.20. The zero-order valence-electron chi connectivity index (χ0n) is 18.0. The topological polar surface area (TPSA) is 27.5 Å². The number of hydrogen-bond donors (Lipinski definition) is 0. The van der Waals surface area contributed by atoms with Gasteiger partial charge in [-0.2, -0.15) is 5.10 Å². The molecule has 3 heterocycles. The molecule has 0 radical (unpaired) electrons. The van der Waals surface area contributed by atoms with E-state index < -0.39 is 0 Å². The van der Waals surface area contributed by atoms with E-state index >= 15 is 0 Å². The minimum Gasteiger partial charge on any atom is -0.296 e. The Labute approximate surface area is 183 Å². The molecule has 30 heavy (non-hydrogen) atoms. The Kier molecular flexibility index (Phi) is 5.54. The zero-order valence-corrected chi connectivity index (χ0v) is 18.8. The molecule has 0 N–H and O–H groups in total. The lowest BCUT2D eigenvalue weighted by Crippen LogP contribution is -2.56. The molecule has 1 aromatic carbocycles. The molecule has 2 saturated heterocycles. The Morgan fingerprint density at radius 3 is 2.87 bits per heavy atom. The third-order valence-electron chi connectivity index (χ3n) is 7.20. The Balaban J connectivity index is 1.29. The Morgan fingerprint density at radius 2 is 2.13 bits per heavy atom. The van der Waals surface area contributed by atoms with E-state index in [0.29, 0.717) is 6.04 Å². The molecule has 0 unspecified atom stereocenters. The van der Waals surface area contributed by atoms with E-state index in [1.807, 2.05) is 18.3 Å².